The number of hydrogen-bond acceptors (Lipinski definition) is 5. The average molecular weight is 499 g/mol. The summed E-state index contributed by atoms with van der Waals surface area (Å²) in [6.07, 6.45) is 15.1. The molecule has 0 saturated carbocycles. The van der Waals surface area contributed by atoms with E-state index in [2.05, 4.69) is 48.1 Å². The van der Waals surface area contributed by atoms with Gasteiger partial charge in [-0.25, -0.2) is 4.79 Å². The van der Waals surface area contributed by atoms with Gasteiger partial charge in [-0.05, 0) is 64.2 Å². The standard InChI is InChI=1S/C16H30O4.C13H24O2/c1-4-7-10-13-16(5-2,6-3)20-15(19)12-9-8-11-14(17)18;1-5-9-10-11-13(7-3,8-4)15-12(14)6-2/h4-13H2,1-3H3,(H,17,18);6H,2,5,7-11H2,1,3-4H3. The van der Waals surface area contributed by atoms with E-state index in [0.717, 1.165) is 64.2 Å². The number of carbonyl (C=O) groups excluding carboxylic acids is 2. The Morgan fingerprint density at radius 2 is 1.11 bits per heavy atom. The maximum Gasteiger partial charge on any atom is 0.330 e. The van der Waals surface area contributed by atoms with Crippen molar-refractivity contribution in [3.05, 3.63) is 12.7 Å². The number of hydrogen-bond donors (Lipinski definition) is 1. The first kappa shape index (κ1) is 35.3. The fraction of sp³-hybridized carbons (Fsp3) is 0.828. The van der Waals surface area contributed by atoms with Crippen molar-refractivity contribution in [3.8, 4) is 0 Å². The maximum atomic E-state index is 11.9. The molecular formula is C29H54O6. The second-order valence-corrected chi connectivity index (χ2v) is 9.39. The molecule has 0 unspecified atom stereocenters. The lowest BCUT2D eigenvalue weighted by Gasteiger charge is -2.31. The van der Waals surface area contributed by atoms with Crippen LogP contribution in [0.1, 0.15) is 144 Å². The van der Waals surface area contributed by atoms with Crippen LogP contribution in [0.4, 0.5) is 0 Å². The molecule has 0 rings (SSSR count). The Balaban J connectivity index is 0. The van der Waals surface area contributed by atoms with E-state index in [4.69, 9.17) is 14.6 Å². The summed E-state index contributed by atoms with van der Waals surface area (Å²) in [5.74, 6) is -1.29. The van der Waals surface area contributed by atoms with Crippen LogP contribution < -0.4 is 0 Å². The summed E-state index contributed by atoms with van der Waals surface area (Å²) in [7, 11) is 0. The SMILES string of the molecule is C=CC(=O)OC(CC)(CC)CCCCC.CCCCCC(CC)(CC)OC(=O)CCCCC(=O)O. The van der Waals surface area contributed by atoms with Gasteiger partial charge in [-0.15, -0.1) is 0 Å². The molecule has 0 heterocycles. The minimum atomic E-state index is -0.811. The molecule has 206 valence electrons. The van der Waals surface area contributed by atoms with Crippen LogP contribution in [0.3, 0.4) is 0 Å². The van der Waals surface area contributed by atoms with Gasteiger partial charge in [0.2, 0.25) is 0 Å². The number of ether oxygens (including phenoxy) is 2. The zero-order chi connectivity index (χ0) is 27.2. The summed E-state index contributed by atoms with van der Waals surface area (Å²) in [6.45, 7) is 16.0. The zero-order valence-corrected chi connectivity index (χ0v) is 23.6. The molecule has 6 heteroatoms. The second kappa shape index (κ2) is 21.4. The zero-order valence-electron chi connectivity index (χ0n) is 23.6. The third-order valence-corrected chi connectivity index (χ3v) is 6.88. The molecule has 6 nitrogen and oxygen atoms in total. The van der Waals surface area contributed by atoms with E-state index >= 15 is 0 Å². The predicted molar refractivity (Wildman–Crippen MR) is 143 cm³/mol. The van der Waals surface area contributed by atoms with E-state index in [1.54, 1.807) is 0 Å². The van der Waals surface area contributed by atoms with Gasteiger partial charge in [0.15, 0.2) is 0 Å². The molecule has 0 aliphatic heterocycles. The van der Waals surface area contributed by atoms with Crippen LogP contribution in [0.15, 0.2) is 12.7 Å². The van der Waals surface area contributed by atoms with Crippen LogP contribution in [-0.4, -0.2) is 34.2 Å². The highest BCUT2D eigenvalue weighted by molar-refractivity contribution is 5.81. The molecular weight excluding hydrogens is 444 g/mol. The van der Waals surface area contributed by atoms with Gasteiger partial charge in [0.25, 0.3) is 0 Å². The second-order valence-electron chi connectivity index (χ2n) is 9.39. The molecule has 0 aliphatic rings. The largest absolute Gasteiger partial charge is 0.481 e. The molecule has 0 aliphatic carbocycles. The Morgan fingerprint density at radius 3 is 1.49 bits per heavy atom. The van der Waals surface area contributed by atoms with Gasteiger partial charge in [-0.1, -0.05) is 73.8 Å². The molecule has 0 aromatic carbocycles. The van der Waals surface area contributed by atoms with Gasteiger partial charge >= 0.3 is 17.9 Å². The van der Waals surface area contributed by atoms with Crippen molar-refractivity contribution in [2.45, 2.75) is 155 Å². The summed E-state index contributed by atoms with van der Waals surface area (Å²) < 4.78 is 11.2. The molecule has 0 radical (unpaired) electrons. The number of carboxylic acid groups (broad SMARTS) is 1. The Labute approximate surface area is 215 Å². The summed E-state index contributed by atoms with van der Waals surface area (Å²) in [4.78, 5) is 33.5. The Bertz CT molecular complexity index is 576. The highest BCUT2D eigenvalue weighted by Gasteiger charge is 2.30. The molecule has 0 amide bonds. The van der Waals surface area contributed by atoms with E-state index in [1.165, 1.54) is 18.9 Å². The van der Waals surface area contributed by atoms with Crippen LogP contribution in [0, 0.1) is 0 Å². The van der Waals surface area contributed by atoms with E-state index in [-0.39, 0.29) is 29.6 Å². The van der Waals surface area contributed by atoms with Gasteiger partial charge in [0.05, 0.1) is 0 Å². The first-order chi connectivity index (χ1) is 16.6. The highest BCUT2D eigenvalue weighted by atomic mass is 16.6. The van der Waals surface area contributed by atoms with E-state index < -0.39 is 5.97 Å². The minimum absolute atomic E-state index is 0.122. The van der Waals surface area contributed by atoms with E-state index in [9.17, 15) is 14.4 Å². The lowest BCUT2D eigenvalue weighted by molar-refractivity contribution is -0.162. The Morgan fingerprint density at radius 1 is 0.686 bits per heavy atom. The third-order valence-electron chi connectivity index (χ3n) is 6.88. The van der Waals surface area contributed by atoms with Crippen molar-refractivity contribution in [2.75, 3.05) is 0 Å². The van der Waals surface area contributed by atoms with Gasteiger partial charge in [-0.2, -0.15) is 0 Å². The number of carbonyl (C=O) groups is 3. The Hall–Kier alpha value is -1.85. The molecule has 35 heavy (non-hydrogen) atoms. The predicted octanol–water partition coefficient (Wildman–Crippen LogP) is 8.17. The van der Waals surface area contributed by atoms with Gasteiger partial charge < -0.3 is 14.6 Å². The number of esters is 2. The summed E-state index contributed by atoms with van der Waals surface area (Å²) >= 11 is 0. The quantitative estimate of drug-likeness (QED) is 0.103. The maximum absolute atomic E-state index is 11.9. The lowest BCUT2D eigenvalue weighted by atomic mass is 9.90. The van der Waals surface area contributed by atoms with Crippen LogP contribution >= 0.6 is 0 Å². The van der Waals surface area contributed by atoms with Crippen molar-refractivity contribution in [3.63, 3.8) is 0 Å². The number of unbranched alkanes of at least 4 members (excludes halogenated alkanes) is 5. The van der Waals surface area contributed by atoms with Crippen LogP contribution in [-0.2, 0) is 23.9 Å². The highest BCUT2D eigenvalue weighted by Crippen LogP contribution is 2.29. The Kier molecular flexibility index (Phi) is 21.6. The molecule has 0 atom stereocenters. The molecule has 0 spiro atoms. The lowest BCUT2D eigenvalue weighted by Crippen LogP contribution is -2.33. The fourth-order valence-electron chi connectivity index (χ4n) is 4.09. The van der Waals surface area contributed by atoms with Crippen LogP contribution in [0.25, 0.3) is 0 Å². The van der Waals surface area contributed by atoms with Crippen molar-refractivity contribution < 1.29 is 29.0 Å². The van der Waals surface area contributed by atoms with Gasteiger partial charge in [-0.3, -0.25) is 9.59 Å². The normalized spacial score (nSPS) is 11.3. The van der Waals surface area contributed by atoms with Crippen LogP contribution in [0.2, 0.25) is 0 Å². The first-order valence-corrected chi connectivity index (χ1v) is 13.9. The van der Waals surface area contributed by atoms with Crippen LogP contribution in [0.5, 0.6) is 0 Å². The fourth-order valence-corrected chi connectivity index (χ4v) is 4.09. The van der Waals surface area contributed by atoms with Crippen molar-refractivity contribution in [1.82, 2.24) is 0 Å². The number of aliphatic carboxylic acids is 1. The molecule has 0 fully saturated rings. The molecule has 0 saturated heterocycles. The van der Waals surface area contributed by atoms with Gasteiger partial charge in [0, 0.05) is 18.9 Å². The average Bonchev–Trinajstić information content (AvgIpc) is 2.85. The van der Waals surface area contributed by atoms with E-state index in [1.807, 2.05) is 0 Å². The monoisotopic (exact) mass is 498 g/mol. The van der Waals surface area contributed by atoms with Gasteiger partial charge in [0.1, 0.15) is 11.2 Å². The first-order valence-electron chi connectivity index (χ1n) is 13.9. The number of rotatable bonds is 20. The smallest absolute Gasteiger partial charge is 0.330 e. The van der Waals surface area contributed by atoms with Crippen molar-refractivity contribution in [1.29, 1.82) is 0 Å². The topological polar surface area (TPSA) is 89.9 Å². The summed E-state index contributed by atoms with van der Waals surface area (Å²) in [6, 6.07) is 0. The molecule has 1 N–H and O–H groups in total. The molecule has 0 aromatic heterocycles. The third kappa shape index (κ3) is 17.3. The van der Waals surface area contributed by atoms with Crippen molar-refractivity contribution in [2.24, 2.45) is 0 Å². The summed E-state index contributed by atoms with van der Waals surface area (Å²) in [5, 5.41) is 8.55. The van der Waals surface area contributed by atoms with E-state index in [0.29, 0.717) is 19.3 Å². The van der Waals surface area contributed by atoms with Crippen molar-refractivity contribution >= 4 is 17.9 Å². The molecule has 0 bridgehead atoms. The minimum Gasteiger partial charge on any atom is -0.481 e. The number of carboxylic acids is 1. The summed E-state index contributed by atoms with van der Waals surface area (Å²) in [5.41, 5.74) is -0.584. The molecule has 0 aromatic rings.